The average molecular weight is 227 g/mol. The van der Waals surface area contributed by atoms with Crippen molar-refractivity contribution in [1.29, 1.82) is 0 Å². The second kappa shape index (κ2) is 6.21. The van der Waals surface area contributed by atoms with Gasteiger partial charge in [0, 0.05) is 24.5 Å². The highest BCUT2D eigenvalue weighted by Crippen LogP contribution is 2.22. The van der Waals surface area contributed by atoms with E-state index in [-0.39, 0.29) is 11.8 Å². The van der Waals surface area contributed by atoms with Crippen LogP contribution < -0.4 is 11.1 Å². The first-order chi connectivity index (χ1) is 7.54. The summed E-state index contributed by atoms with van der Waals surface area (Å²) in [5.74, 6) is -0.247. The lowest BCUT2D eigenvalue weighted by molar-refractivity contribution is -0.122. The van der Waals surface area contributed by atoms with Gasteiger partial charge in [0.25, 0.3) is 0 Å². The van der Waals surface area contributed by atoms with Crippen molar-refractivity contribution in [3.8, 4) is 0 Å². The van der Waals surface area contributed by atoms with Crippen LogP contribution in [0.15, 0.2) is 0 Å². The van der Waals surface area contributed by atoms with E-state index in [0.29, 0.717) is 12.1 Å². The lowest BCUT2D eigenvalue weighted by atomic mass is 9.90. The molecular formula is C12H25N3O. The molecule has 0 saturated heterocycles. The average Bonchev–Trinajstić information content (AvgIpc) is 2.28. The smallest absolute Gasteiger partial charge is 0.221 e. The first-order valence-electron chi connectivity index (χ1n) is 6.21. The predicted molar refractivity (Wildman–Crippen MR) is 66.1 cm³/mol. The highest BCUT2D eigenvalue weighted by Gasteiger charge is 2.24. The number of rotatable bonds is 5. The van der Waals surface area contributed by atoms with Crippen LogP contribution in [0.5, 0.6) is 0 Å². The van der Waals surface area contributed by atoms with Gasteiger partial charge < -0.3 is 16.0 Å². The van der Waals surface area contributed by atoms with E-state index >= 15 is 0 Å². The third-order valence-electron chi connectivity index (χ3n) is 3.78. The second-order valence-corrected chi connectivity index (χ2v) is 5.04. The maximum atomic E-state index is 11.0. The van der Waals surface area contributed by atoms with Gasteiger partial charge in [-0.3, -0.25) is 4.79 Å². The molecule has 16 heavy (non-hydrogen) atoms. The Balaban J connectivity index is 2.33. The molecule has 1 aliphatic carbocycles. The maximum absolute atomic E-state index is 11.0. The Morgan fingerprint density at radius 1 is 1.44 bits per heavy atom. The molecule has 1 saturated carbocycles. The molecule has 0 spiro atoms. The van der Waals surface area contributed by atoms with Crippen LogP contribution in [-0.2, 0) is 4.79 Å². The summed E-state index contributed by atoms with van der Waals surface area (Å²) in [5.41, 5.74) is 5.28. The fourth-order valence-corrected chi connectivity index (χ4v) is 2.48. The fraction of sp³-hybridized carbons (Fsp3) is 0.917. The predicted octanol–water partition coefficient (Wildman–Crippen LogP) is 0.570. The molecular weight excluding hydrogens is 202 g/mol. The van der Waals surface area contributed by atoms with Crippen molar-refractivity contribution in [3.05, 3.63) is 0 Å². The molecule has 3 N–H and O–H groups in total. The van der Waals surface area contributed by atoms with Crippen LogP contribution in [0.4, 0.5) is 0 Å². The van der Waals surface area contributed by atoms with Crippen molar-refractivity contribution in [2.75, 3.05) is 20.6 Å². The van der Waals surface area contributed by atoms with Gasteiger partial charge in [-0.05, 0) is 39.8 Å². The first kappa shape index (κ1) is 13.5. The van der Waals surface area contributed by atoms with Gasteiger partial charge in [0.05, 0.1) is 0 Å². The summed E-state index contributed by atoms with van der Waals surface area (Å²) >= 11 is 0. The van der Waals surface area contributed by atoms with Gasteiger partial charge in [0.15, 0.2) is 0 Å². The SMILES string of the molecule is CNC1CCC(N(C)CC(C)C(N)=O)CC1. The third-order valence-corrected chi connectivity index (χ3v) is 3.78. The highest BCUT2D eigenvalue weighted by atomic mass is 16.1. The molecule has 0 aliphatic heterocycles. The van der Waals surface area contributed by atoms with Crippen LogP contribution in [0.3, 0.4) is 0 Å². The molecule has 4 heteroatoms. The number of nitrogens with two attached hydrogens (primary N) is 1. The summed E-state index contributed by atoms with van der Waals surface area (Å²) in [6.45, 7) is 2.68. The van der Waals surface area contributed by atoms with Crippen molar-refractivity contribution in [2.24, 2.45) is 11.7 Å². The molecule has 4 nitrogen and oxygen atoms in total. The molecule has 0 aromatic rings. The van der Waals surface area contributed by atoms with Gasteiger partial charge >= 0.3 is 0 Å². The van der Waals surface area contributed by atoms with Crippen LogP contribution in [0.2, 0.25) is 0 Å². The molecule has 1 atom stereocenters. The standard InChI is InChI=1S/C12H25N3O/c1-9(12(13)16)8-15(3)11-6-4-10(14-2)5-7-11/h9-11,14H,4-8H2,1-3H3,(H2,13,16). The molecule has 0 radical (unpaired) electrons. The van der Waals surface area contributed by atoms with Crippen LogP contribution >= 0.6 is 0 Å². The van der Waals surface area contributed by atoms with Gasteiger partial charge in [-0.1, -0.05) is 6.92 Å². The molecule has 1 unspecified atom stereocenters. The molecule has 1 aliphatic rings. The van der Waals surface area contributed by atoms with Gasteiger partial charge in [-0.25, -0.2) is 0 Å². The molecule has 0 aromatic heterocycles. The number of amides is 1. The van der Waals surface area contributed by atoms with Crippen molar-refractivity contribution in [3.63, 3.8) is 0 Å². The lowest BCUT2D eigenvalue weighted by Crippen LogP contribution is -2.43. The van der Waals surface area contributed by atoms with Crippen molar-refractivity contribution < 1.29 is 4.79 Å². The Morgan fingerprint density at radius 3 is 2.44 bits per heavy atom. The van der Waals surface area contributed by atoms with E-state index in [2.05, 4.69) is 17.3 Å². The van der Waals surface area contributed by atoms with Crippen LogP contribution in [-0.4, -0.2) is 43.5 Å². The number of carbonyl (C=O) groups excluding carboxylic acids is 1. The van der Waals surface area contributed by atoms with E-state index in [9.17, 15) is 4.79 Å². The largest absolute Gasteiger partial charge is 0.369 e. The molecule has 1 fully saturated rings. The molecule has 1 amide bonds. The van der Waals surface area contributed by atoms with E-state index in [4.69, 9.17) is 5.73 Å². The van der Waals surface area contributed by atoms with Crippen LogP contribution in [0, 0.1) is 5.92 Å². The fourth-order valence-electron chi connectivity index (χ4n) is 2.48. The summed E-state index contributed by atoms with van der Waals surface area (Å²) < 4.78 is 0. The Kier molecular flexibility index (Phi) is 5.22. The third kappa shape index (κ3) is 3.76. The summed E-state index contributed by atoms with van der Waals surface area (Å²) in [5, 5.41) is 3.33. The number of carbonyl (C=O) groups is 1. The molecule has 0 aromatic carbocycles. The van der Waals surface area contributed by atoms with E-state index in [0.717, 1.165) is 6.54 Å². The van der Waals surface area contributed by atoms with Crippen LogP contribution in [0.25, 0.3) is 0 Å². The summed E-state index contributed by atoms with van der Waals surface area (Å²) in [6.07, 6.45) is 4.90. The minimum Gasteiger partial charge on any atom is -0.369 e. The van der Waals surface area contributed by atoms with Gasteiger partial charge in [0.2, 0.25) is 5.91 Å². The number of nitrogens with one attached hydrogen (secondary N) is 1. The summed E-state index contributed by atoms with van der Waals surface area (Å²) in [4.78, 5) is 13.3. The highest BCUT2D eigenvalue weighted by molar-refractivity contribution is 5.76. The first-order valence-corrected chi connectivity index (χ1v) is 6.21. The Morgan fingerprint density at radius 2 is 2.00 bits per heavy atom. The Bertz CT molecular complexity index is 224. The van der Waals surface area contributed by atoms with Gasteiger partial charge in [-0.2, -0.15) is 0 Å². The summed E-state index contributed by atoms with van der Waals surface area (Å²) in [6, 6.07) is 1.30. The maximum Gasteiger partial charge on any atom is 0.221 e. The topological polar surface area (TPSA) is 58.4 Å². The van der Waals surface area contributed by atoms with Crippen LogP contribution in [0.1, 0.15) is 32.6 Å². The second-order valence-electron chi connectivity index (χ2n) is 5.04. The zero-order valence-corrected chi connectivity index (χ0v) is 10.7. The van der Waals surface area contributed by atoms with Crippen molar-refractivity contribution in [1.82, 2.24) is 10.2 Å². The minimum absolute atomic E-state index is 0.0491. The van der Waals surface area contributed by atoms with Gasteiger partial charge in [0.1, 0.15) is 0 Å². The van der Waals surface area contributed by atoms with E-state index in [1.165, 1.54) is 25.7 Å². The van der Waals surface area contributed by atoms with Crippen molar-refractivity contribution >= 4 is 5.91 Å². The van der Waals surface area contributed by atoms with E-state index in [1.807, 2.05) is 14.0 Å². The zero-order valence-electron chi connectivity index (χ0n) is 10.7. The number of hydrogen-bond acceptors (Lipinski definition) is 3. The monoisotopic (exact) mass is 227 g/mol. The van der Waals surface area contributed by atoms with E-state index in [1.54, 1.807) is 0 Å². The zero-order chi connectivity index (χ0) is 12.1. The molecule has 1 rings (SSSR count). The Hall–Kier alpha value is -0.610. The molecule has 0 bridgehead atoms. The minimum atomic E-state index is -0.198. The Labute approximate surface area is 98.6 Å². The number of hydrogen-bond donors (Lipinski definition) is 2. The molecule has 0 heterocycles. The number of primary amides is 1. The lowest BCUT2D eigenvalue weighted by Gasteiger charge is -2.35. The summed E-state index contributed by atoms with van der Waals surface area (Å²) in [7, 11) is 4.13. The molecule has 94 valence electrons. The van der Waals surface area contributed by atoms with Gasteiger partial charge in [-0.15, -0.1) is 0 Å². The quantitative estimate of drug-likeness (QED) is 0.722. The van der Waals surface area contributed by atoms with Crippen molar-refractivity contribution in [2.45, 2.75) is 44.7 Å². The number of nitrogens with zero attached hydrogens (tertiary/aromatic N) is 1. The van der Waals surface area contributed by atoms with E-state index < -0.39 is 0 Å². The normalized spacial score (nSPS) is 28.0.